The lowest BCUT2D eigenvalue weighted by Gasteiger charge is -2.18. The summed E-state index contributed by atoms with van der Waals surface area (Å²) in [6.07, 6.45) is 8.95. The second-order valence-corrected chi connectivity index (χ2v) is 5.69. The molecule has 0 aliphatic rings. The van der Waals surface area contributed by atoms with Gasteiger partial charge in [0.25, 0.3) is 0 Å². The number of unbranched alkanes of at least 4 members (excludes halogenated alkanes) is 4. The van der Waals surface area contributed by atoms with Crippen molar-refractivity contribution in [3.05, 3.63) is 11.6 Å². The summed E-state index contributed by atoms with van der Waals surface area (Å²) in [5.41, 5.74) is 0.727. The summed E-state index contributed by atoms with van der Waals surface area (Å²) < 4.78 is 5.24. The minimum atomic E-state index is -0.394. The van der Waals surface area contributed by atoms with E-state index in [2.05, 4.69) is 6.92 Å². The van der Waals surface area contributed by atoms with Crippen molar-refractivity contribution in [1.29, 1.82) is 0 Å². The van der Waals surface area contributed by atoms with Crippen LogP contribution in [0.3, 0.4) is 0 Å². The first-order valence-electron chi connectivity index (χ1n) is 6.75. The Bertz CT molecular complexity index is 246. The minimum absolute atomic E-state index is 0.219. The molecule has 0 heterocycles. The highest BCUT2D eigenvalue weighted by Gasteiger charge is 2.14. The van der Waals surface area contributed by atoms with Crippen molar-refractivity contribution in [2.45, 2.75) is 78.7 Å². The minimum Gasteiger partial charge on any atom is -0.457 e. The van der Waals surface area contributed by atoms with Gasteiger partial charge >= 0.3 is 5.97 Å². The fourth-order valence-electron chi connectivity index (χ4n) is 1.61. The number of allylic oxidation sites excluding steroid dienone is 1. The lowest BCUT2D eigenvalue weighted by molar-refractivity contribution is -0.148. The van der Waals surface area contributed by atoms with Gasteiger partial charge in [0.1, 0.15) is 5.60 Å². The number of hydrogen-bond acceptors (Lipinski definition) is 2. The quantitative estimate of drug-likeness (QED) is 0.368. The van der Waals surface area contributed by atoms with E-state index < -0.39 is 5.60 Å². The van der Waals surface area contributed by atoms with Gasteiger partial charge in [-0.25, -0.2) is 4.79 Å². The molecule has 2 heteroatoms. The first-order valence-corrected chi connectivity index (χ1v) is 6.75. The maximum absolute atomic E-state index is 11.5. The zero-order valence-corrected chi connectivity index (χ0v) is 12.1. The predicted molar refractivity (Wildman–Crippen MR) is 73.0 cm³/mol. The van der Waals surface area contributed by atoms with Crippen molar-refractivity contribution < 1.29 is 9.53 Å². The molecule has 0 aromatic rings. The van der Waals surface area contributed by atoms with Gasteiger partial charge in [-0.3, -0.25) is 0 Å². The van der Waals surface area contributed by atoms with E-state index in [0.29, 0.717) is 0 Å². The lowest BCUT2D eigenvalue weighted by atomic mass is 10.1. The van der Waals surface area contributed by atoms with Crippen LogP contribution in [-0.4, -0.2) is 11.6 Å². The maximum atomic E-state index is 11.5. The summed E-state index contributed by atoms with van der Waals surface area (Å²) in [6, 6.07) is 0. The Morgan fingerprint density at radius 1 is 1.12 bits per heavy atom. The van der Waals surface area contributed by atoms with Crippen molar-refractivity contribution in [2.24, 2.45) is 0 Å². The molecule has 0 amide bonds. The maximum Gasteiger partial charge on any atom is 0.331 e. The zero-order chi connectivity index (χ0) is 13.3. The SMILES string of the molecule is CCCCCCCC(C)=CC(=O)OC(C)(C)C. The smallest absolute Gasteiger partial charge is 0.331 e. The van der Waals surface area contributed by atoms with Crippen LogP contribution >= 0.6 is 0 Å². The van der Waals surface area contributed by atoms with Crippen LogP contribution in [0.1, 0.15) is 73.1 Å². The monoisotopic (exact) mass is 240 g/mol. The Kier molecular flexibility index (Phi) is 7.94. The standard InChI is InChI=1S/C15H28O2/c1-6-7-8-9-10-11-13(2)12-14(16)17-15(3,4)5/h12H,6-11H2,1-5H3. The van der Waals surface area contributed by atoms with Crippen LogP contribution in [0.4, 0.5) is 0 Å². The first kappa shape index (κ1) is 16.2. The van der Waals surface area contributed by atoms with E-state index in [1.165, 1.54) is 32.1 Å². The van der Waals surface area contributed by atoms with Crippen molar-refractivity contribution >= 4 is 5.97 Å². The molecule has 0 aliphatic heterocycles. The number of hydrogen-bond donors (Lipinski definition) is 0. The highest BCUT2D eigenvalue weighted by Crippen LogP contribution is 2.12. The molecule has 0 bridgehead atoms. The van der Waals surface area contributed by atoms with Gasteiger partial charge in [-0.1, -0.05) is 38.2 Å². The van der Waals surface area contributed by atoms with Gasteiger partial charge in [0.15, 0.2) is 0 Å². The van der Waals surface area contributed by atoms with Crippen molar-refractivity contribution in [3.8, 4) is 0 Å². The molecule has 0 rings (SSSR count). The van der Waals surface area contributed by atoms with Gasteiger partial charge in [-0.2, -0.15) is 0 Å². The fourth-order valence-corrected chi connectivity index (χ4v) is 1.61. The second-order valence-electron chi connectivity index (χ2n) is 5.69. The molecule has 0 aliphatic carbocycles. The van der Waals surface area contributed by atoms with Gasteiger partial charge < -0.3 is 4.74 Å². The summed E-state index contributed by atoms with van der Waals surface area (Å²) in [5, 5.41) is 0. The molecule has 0 N–H and O–H groups in total. The van der Waals surface area contributed by atoms with E-state index in [0.717, 1.165) is 12.0 Å². The molecular weight excluding hydrogens is 212 g/mol. The summed E-state index contributed by atoms with van der Waals surface area (Å²) in [6.45, 7) is 9.88. The Hall–Kier alpha value is -0.790. The van der Waals surface area contributed by atoms with Gasteiger partial charge in [-0.15, -0.1) is 0 Å². The van der Waals surface area contributed by atoms with Crippen LogP contribution in [0, 0.1) is 0 Å². The van der Waals surface area contributed by atoms with Crippen LogP contribution in [0.2, 0.25) is 0 Å². The number of ether oxygens (including phenoxy) is 1. The third kappa shape index (κ3) is 11.5. The number of carbonyl (C=O) groups excluding carboxylic acids is 1. The van der Waals surface area contributed by atoms with E-state index in [1.807, 2.05) is 27.7 Å². The summed E-state index contributed by atoms with van der Waals surface area (Å²) in [7, 11) is 0. The van der Waals surface area contributed by atoms with Crippen molar-refractivity contribution in [1.82, 2.24) is 0 Å². The summed E-state index contributed by atoms with van der Waals surface area (Å²) in [5.74, 6) is -0.219. The molecule has 0 radical (unpaired) electrons. The third-order valence-corrected chi connectivity index (χ3v) is 2.45. The molecule has 0 aromatic carbocycles. The summed E-state index contributed by atoms with van der Waals surface area (Å²) in [4.78, 5) is 11.5. The molecule has 0 fully saturated rings. The molecular formula is C15H28O2. The highest BCUT2D eigenvalue weighted by molar-refractivity contribution is 5.83. The molecule has 17 heavy (non-hydrogen) atoms. The van der Waals surface area contributed by atoms with E-state index in [-0.39, 0.29) is 5.97 Å². The molecule has 0 unspecified atom stereocenters. The average molecular weight is 240 g/mol. The third-order valence-electron chi connectivity index (χ3n) is 2.45. The zero-order valence-electron chi connectivity index (χ0n) is 12.1. The molecule has 2 nitrogen and oxygen atoms in total. The molecule has 0 atom stereocenters. The number of esters is 1. The van der Waals surface area contributed by atoms with Gasteiger partial charge in [-0.05, 0) is 40.5 Å². The second kappa shape index (κ2) is 8.32. The molecule has 0 saturated heterocycles. The van der Waals surface area contributed by atoms with Gasteiger partial charge in [0.2, 0.25) is 0 Å². The molecule has 0 saturated carbocycles. The molecule has 100 valence electrons. The van der Waals surface area contributed by atoms with Crippen molar-refractivity contribution in [3.63, 3.8) is 0 Å². The van der Waals surface area contributed by atoms with Crippen LogP contribution in [0.25, 0.3) is 0 Å². The van der Waals surface area contributed by atoms with Crippen LogP contribution in [0.15, 0.2) is 11.6 Å². The van der Waals surface area contributed by atoms with Gasteiger partial charge in [0.05, 0.1) is 0 Å². The fraction of sp³-hybridized carbons (Fsp3) is 0.800. The van der Waals surface area contributed by atoms with E-state index in [1.54, 1.807) is 6.08 Å². The van der Waals surface area contributed by atoms with Crippen LogP contribution in [-0.2, 0) is 9.53 Å². The Balaban J connectivity index is 3.81. The first-order chi connectivity index (χ1) is 7.85. The van der Waals surface area contributed by atoms with Crippen LogP contribution < -0.4 is 0 Å². The molecule has 0 spiro atoms. The van der Waals surface area contributed by atoms with Crippen LogP contribution in [0.5, 0.6) is 0 Å². The topological polar surface area (TPSA) is 26.3 Å². The van der Waals surface area contributed by atoms with E-state index >= 15 is 0 Å². The highest BCUT2D eigenvalue weighted by atomic mass is 16.6. The largest absolute Gasteiger partial charge is 0.457 e. The normalized spacial score (nSPS) is 12.6. The Morgan fingerprint density at radius 3 is 2.24 bits per heavy atom. The van der Waals surface area contributed by atoms with Crippen molar-refractivity contribution in [2.75, 3.05) is 0 Å². The lowest BCUT2D eigenvalue weighted by Crippen LogP contribution is -2.22. The average Bonchev–Trinajstić information content (AvgIpc) is 2.14. The predicted octanol–water partition coefficient (Wildman–Crippen LogP) is 4.63. The Morgan fingerprint density at radius 2 is 1.71 bits per heavy atom. The van der Waals surface area contributed by atoms with E-state index in [9.17, 15) is 4.79 Å². The number of carbonyl (C=O) groups is 1. The van der Waals surface area contributed by atoms with E-state index in [4.69, 9.17) is 4.74 Å². The molecule has 0 aromatic heterocycles. The summed E-state index contributed by atoms with van der Waals surface area (Å²) >= 11 is 0. The Labute approximate surface area is 106 Å². The number of rotatable bonds is 7. The van der Waals surface area contributed by atoms with Gasteiger partial charge in [0, 0.05) is 6.08 Å².